The molecule has 4 aromatic rings. The summed E-state index contributed by atoms with van der Waals surface area (Å²) in [5.74, 6) is 0.889. The second kappa shape index (κ2) is 8.14. The lowest BCUT2D eigenvalue weighted by atomic mass is 9.98. The molecule has 0 bridgehead atoms. The van der Waals surface area contributed by atoms with Crippen molar-refractivity contribution < 1.29 is 9.13 Å². The van der Waals surface area contributed by atoms with Crippen molar-refractivity contribution in [1.82, 2.24) is 19.6 Å². The first-order valence-electron chi connectivity index (χ1n) is 8.98. The minimum atomic E-state index is -0.297. The van der Waals surface area contributed by atoms with Gasteiger partial charge in [-0.05, 0) is 18.1 Å². The van der Waals surface area contributed by atoms with Crippen molar-refractivity contribution in [3.8, 4) is 0 Å². The summed E-state index contributed by atoms with van der Waals surface area (Å²) < 4.78 is 21.4. The number of benzene rings is 2. The Morgan fingerprint density at radius 3 is 2.68 bits per heavy atom. The standard InChI is InChI=1S/C21H20FN5O/c1-28-13-16-12-20(27-21(25-16)23-14-24-27)26-19(11-15-7-3-2-4-8-15)17-9-5-6-10-18(17)22/h2-10,12,14,19,26H,11,13H2,1H3. The second-order valence-corrected chi connectivity index (χ2v) is 6.45. The highest BCUT2D eigenvalue weighted by atomic mass is 19.1. The van der Waals surface area contributed by atoms with Crippen LogP contribution in [0.2, 0.25) is 0 Å². The number of nitrogens with one attached hydrogen (secondary N) is 1. The van der Waals surface area contributed by atoms with Crippen molar-refractivity contribution in [2.45, 2.75) is 19.1 Å². The van der Waals surface area contributed by atoms with Gasteiger partial charge in [0.25, 0.3) is 5.78 Å². The van der Waals surface area contributed by atoms with Crippen LogP contribution in [-0.4, -0.2) is 26.7 Å². The van der Waals surface area contributed by atoms with Crippen LogP contribution in [0.1, 0.15) is 22.9 Å². The largest absolute Gasteiger partial charge is 0.378 e. The van der Waals surface area contributed by atoms with Gasteiger partial charge in [0, 0.05) is 18.7 Å². The van der Waals surface area contributed by atoms with Crippen molar-refractivity contribution in [2.24, 2.45) is 0 Å². The lowest BCUT2D eigenvalue weighted by Crippen LogP contribution is -2.18. The molecule has 7 heteroatoms. The summed E-state index contributed by atoms with van der Waals surface area (Å²) in [6.07, 6.45) is 2.05. The highest BCUT2D eigenvalue weighted by molar-refractivity contribution is 5.47. The van der Waals surface area contributed by atoms with Gasteiger partial charge in [-0.3, -0.25) is 0 Å². The number of nitrogens with zero attached hydrogens (tertiary/aromatic N) is 4. The fourth-order valence-electron chi connectivity index (χ4n) is 3.21. The van der Waals surface area contributed by atoms with Gasteiger partial charge < -0.3 is 10.1 Å². The van der Waals surface area contributed by atoms with Crippen LogP contribution in [0.15, 0.2) is 67.0 Å². The van der Waals surface area contributed by atoms with Crippen molar-refractivity contribution in [3.05, 3.63) is 89.6 Å². The molecule has 0 saturated heterocycles. The molecule has 0 amide bonds. The molecule has 2 heterocycles. The van der Waals surface area contributed by atoms with Crippen LogP contribution >= 0.6 is 0 Å². The number of ether oxygens (including phenoxy) is 1. The summed E-state index contributed by atoms with van der Waals surface area (Å²) in [6.45, 7) is 0.348. The van der Waals surface area contributed by atoms with E-state index in [4.69, 9.17) is 4.74 Å². The molecular formula is C21H20FN5O. The smallest absolute Gasteiger partial charge is 0.254 e. The van der Waals surface area contributed by atoms with Crippen molar-refractivity contribution in [1.29, 1.82) is 0 Å². The fraction of sp³-hybridized carbons (Fsp3) is 0.190. The van der Waals surface area contributed by atoms with Gasteiger partial charge in [-0.15, -0.1) is 0 Å². The van der Waals surface area contributed by atoms with E-state index in [2.05, 4.69) is 20.4 Å². The third-order valence-corrected chi connectivity index (χ3v) is 4.48. The van der Waals surface area contributed by atoms with E-state index in [1.165, 1.54) is 12.4 Å². The van der Waals surface area contributed by atoms with Gasteiger partial charge in [-0.2, -0.15) is 14.6 Å². The van der Waals surface area contributed by atoms with Crippen LogP contribution in [0.5, 0.6) is 0 Å². The fourth-order valence-corrected chi connectivity index (χ4v) is 3.21. The third kappa shape index (κ3) is 3.84. The Bertz CT molecular complexity index is 1070. The number of halogens is 1. The zero-order valence-electron chi connectivity index (χ0n) is 15.4. The molecule has 0 aliphatic rings. The van der Waals surface area contributed by atoms with Gasteiger partial charge in [-0.1, -0.05) is 48.5 Å². The average molecular weight is 377 g/mol. The molecule has 0 aliphatic heterocycles. The Balaban J connectivity index is 1.74. The van der Waals surface area contributed by atoms with E-state index in [9.17, 15) is 4.39 Å². The Morgan fingerprint density at radius 1 is 1.11 bits per heavy atom. The maximum atomic E-state index is 14.6. The predicted molar refractivity (Wildman–Crippen MR) is 104 cm³/mol. The van der Waals surface area contributed by atoms with E-state index in [1.54, 1.807) is 23.8 Å². The normalized spacial score (nSPS) is 12.2. The van der Waals surface area contributed by atoms with Crippen LogP contribution in [0.4, 0.5) is 10.2 Å². The maximum absolute atomic E-state index is 14.6. The summed E-state index contributed by atoms with van der Waals surface area (Å²) in [7, 11) is 1.61. The Hall–Kier alpha value is -3.32. The highest BCUT2D eigenvalue weighted by Crippen LogP contribution is 2.26. The summed E-state index contributed by atoms with van der Waals surface area (Å²) >= 11 is 0. The molecule has 4 rings (SSSR count). The molecule has 0 radical (unpaired) electrons. The van der Waals surface area contributed by atoms with Crippen molar-refractivity contribution in [3.63, 3.8) is 0 Å². The topological polar surface area (TPSA) is 64.3 Å². The number of anilines is 1. The van der Waals surface area contributed by atoms with Crippen LogP contribution in [-0.2, 0) is 17.8 Å². The SMILES string of the molecule is COCc1cc(NC(Cc2ccccc2)c2ccccc2F)n2ncnc2n1. The summed E-state index contributed by atoms with van der Waals surface area (Å²) in [5, 5.41) is 7.68. The molecule has 0 saturated carbocycles. The number of hydrogen-bond acceptors (Lipinski definition) is 5. The second-order valence-electron chi connectivity index (χ2n) is 6.45. The van der Waals surface area contributed by atoms with Gasteiger partial charge in [0.2, 0.25) is 0 Å². The van der Waals surface area contributed by atoms with Gasteiger partial charge >= 0.3 is 0 Å². The van der Waals surface area contributed by atoms with Crippen molar-refractivity contribution in [2.75, 3.05) is 12.4 Å². The maximum Gasteiger partial charge on any atom is 0.254 e. The van der Waals surface area contributed by atoms with E-state index < -0.39 is 0 Å². The quantitative estimate of drug-likeness (QED) is 0.531. The molecule has 2 aromatic heterocycles. The molecule has 1 unspecified atom stereocenters. The zero-order valence-corrected chi connectivity index (χ0v) is 15.4. The van der Waals surface area contributed by atoms with Crippen LogP contribution < -0.4 is 5.32 Å². The molecule has 0 aliphatic carbocycles. The Morgan fingerprint density at radius 2 is 1.89 bits per heavy atom. The number of hydrogen-bond donors (Lipinski definition) is 1. The van der Waals surface area contributed by atoms with Crippen LogP contribution in [0, 0.1) is 5.82 Å². The molecule has 1 atom stereocenters. The molecule has 6 nitrogen and oxygen atoms in total. The first kappa shape index (κ1) is 18.1. The predicted octanol–water partition coefficient (Wildman–Crippen LogP) is 3.81. The van der Waals surface area contributed by atoms with E-state index >= 15 is 0 Å². The first-order valence-corrected chi connectivity index (χ1v) is 8.98. The molecule has 142 valence electrons. The van der Waals surface area contributed by atoms with E-state index in [0.29, 0.717) is 30.2 Å². The summed E-state index contributed by atoms with van der Waals surface area (Å²) in [5.41, 5.74) is 2.41. The van der Waals surface area contributed by atoms with E-state index in [-0.39, 0.29) is 11.9 Å². The monoisotopic (exact) mass is 377 g/mol. The average Bonchev–Trinajstić information content (AvgIpc) is 3.18. The van der Waals surface area contributed by atoms with Gasteiger partial charge in [0.1, 0.15) is 18.0 Å². The lowest BCUT2D eigenvalue weighted by Gasteiger charge is -2.22. The van der Waals surface area contributed by atoms with Gasteiger partial charge in [0.05, 0.1) is 18.3 Å². The number of aromatic nitrogens is 4. The summed E-state index contributed by atoms with van der Waals surface area (Å²) in [6, 6.07) is 18.3. The summed E-state index contributed by atoms with van der Waals surface area (Å²) in [4.78, 5) is 8.59. The molecular weight excluding hydrogens is 357 g/mol. The minimum absolute atomic E-state index is 0.253. The van der Waals surface area contributed by atoms with Gasteiger partial charge in [0.15, 0.2) is 0 Å². The Labute approximate surface area is 162 Å². The molecule has 2 aromatic carbocycles. The number of rotatable bonds is 7. The molecule has 28 heavy (non-hydrogen) atoms. The number of fused-ring (bicyclic) bond motifs is 1. The first-order chi connectivity index (χ1) is 13.7. The van der Waals surface area contributed by atoms with E-state index in [1.807, 2.05) is 42.5 Å². The van der Waals surface area contributed by atoms with Crippen molar-refractivity contribution >= 4 is 11.6 Å². The number of methoxy groups -OCH3 is 1. The molecule has 0 fully saturated rings. The third-order valence-electron chi connectivity index (χ3n) is 4.48. The van der Waals surface area contributed by atoms with Gasteiger partial charge in [-0.25, -0.2) is 9.37 Å². The molecule has 1 N–H and O–H groups in total. The van der Waals surface area contributed by atoms with E-state index in [0.717, 1.165) is 11.3 Å². The minimum Gasteiger partial charge on any atom is -0.378 e. The Kier molecular flexibility index (Phi) is 5.25. The molecule has 0 spiro atoms. The lowest BCUT2D eigenvalue weighted by molar-refractivity contribution is 0.181. The van der Waals surface area contributed by atoms with Crippen LogP contribution in [0.25, 0.3) is 5.78 Å². The zero-order chi connectivity index (χ0) is 19.3. The van der Waals surface area contributed by atoms with Crippen LogP contribution in [0.3, 0.4) is 0 Å². The highest BCUT2D eigenvalue weighted by Gasteiger charge is 2.18.